The highest BCUT2D eigenvalue weighted by Gasteiger charge is 2.33. The van der Waals surface area contributed by atoms with Crippen molar-refractivity contribution < 1.29 is 23.8 Å². The molecule has 1 aromatic carbocycles. The van der Waals surface area contributed by atoms with Crippen LogP contribution >= 0.6 is 0 Å². The number of pyridine rings is 2. The van der Waals surface area contributed by atoms with Gasteiger partial charge in [0.1, 0.15) is 18.0 Å². The monoisotopic (exact) mass is 558 g/mol. The summed E-state index contributed by atoms with van der Waals surface area (Å²) in [5, 5.41) is 6.12. The molecule has 0 radical (unpaired) electrons. The maximum atomic E-state index is 12.5. The molecule has 11 nitrogen and oxygen atoms in total. The number of carbonyl (C=O) groups excluding carboxylic acids is 2. The van der Waals surface area contributed by atoms with Crippen molar-refractivity contribution in [3.05, 3.63) is 60.2 Å². The lowest BCUT2D eigenvalue weighted by molar-refractivity contribution is -0.118. The molecule has 3 atom stereocenters. The third kappa shape index (κ3) is 6.26. The van der Waals surface area contributed by atoms with E-state index < -0.39 is 6.09 Å². The zero-order chi connectivity index (χ0) is 28.3. The molecule has 0 saturated carbocycles. The smallest absolute Gasteiger partial charge is 0.415 e. The Bertz CT molecular complexity index is 1420. The number of likely N-dealkylation sites (tertiary alicyclic amines) is 1. The van der Waals surface area contributed by atoms with Crippen molar-refractivity contribution in [2.24, 2.45) is 0 Å². The van der Waals surface area contributed by atoms with Crippen LogP contribution in [0.3, 0.4) is 0 Å². The van der Waals surface area contributed by atoms with E-state index in [1.54, 1.807) is 12.1 Å². The first-order valence-electron chi connectivity index (χ1n) is 14.0. The van der Waals surface area contributed by atoms with E-state index in [1.807, 2.05) is 24.3 Å². The summed E-state index contributed by atoms with van der Waals surface area (Å²) in [7, 11) is 2.12. The fraction of sp³-hybridized carbons (Fsp3) is 0.400. The average Bonchev–Trinajstić information content (AvgIpc) is 3.50. The molecule has 3 aliphatic heterocycles. The van der Waals surface area contributed by atoms with E-state index in [4.69, 9.17) is 19.2 Å². The fourth-order valence-electron chi connectivity index (χ4n) is 5.33. The molecule has 3 aromatic rings. The molecule has 41 heavy (non-hydrogen) atoms. The molecule has 0 bridgehead atoms. The summed E-state index contributed by atoms with van der Waals surface area (Å²) in [5.41, 5.74) is 3.05. The Kier molecular flexibility index (Phi) is 7.71. The lowest BCUT2D eigenvalue weighted by atomic mass is 10.1. The minimum absolute atomic E-state index is 0.0455. The lowest BCUT2D eigenvalue weighted by Gasteiger charge is -2.19. The Morgan fingerprint density at radius 2 is 1.98 bits per heavy atom. The number of hydrogen-bond acceptors (Lipinski definition) is 9. The number of anilines is 2. The number of benzene rings is 1. The van der Waals surface area contributed by atoms with Gasteiger partial charge in [0.15, 0.2) is 18.2 Å². The van der Waals surface area contributed by atoms with Gasteiger partial charge in [0.05, 0.1) is 12.2 Å². The fourth-order valence-corrected chi connectivity index (χ4v) is 5.33. The second kappa shape index (κ2) is 11.7. The van der Waals surface area contributed by atoms with Gasteiger partial charge >= 0.3 is 6.09 Å². The SMILES string of the molecule is C[C@H]1C[C@H](Oc2cccc(-c3cccc(CNCCC4CN(c5ccc6c(n5)NC(=O)CO6)C(=O)O4)c3)n2)CN1C. The summed E-state index contributed by atoms with van der Waals surface area (Å²) in [6, 6.07) is 18.1. The first-order valence-corrected chi connectivity index (χ1v) is 14.0. The van der Waals surface area contributed by atoms with Crippen LogP contribution in [0.1, 0.15) is 25.3 Å². The van der Waals surface area contributed by atoms with Gasteiger partial charge < -0.3 is 24.8 Å². The number of ether oxygens (including phenoxy) is 3. The van der Waals surface area contributed by atoms with E-state index in [0.29, 0.717) is 55.4 Å². The number of cyclic esters (lactones) is 1. The summed E-state index contributed by atoms with van der Waals surface area (Å²) in [6.45, 7) is 4.81. The third-order valence-electron chi connectivity index (χ3n) is 7.66. The molecule has 2 fully saturated rings. The van der Waals surface area contributed by atoms with Crippen molar-refractivity contribution in [1.29, 1.82) is 0 Å². The highest BCUT2D eigenvalue weighted by Crippen LogP contribution is 2.30. The molecule has 1 unspecified atom stereocenters. The summed E-state index contributed by atoms with van der Waals surface area (Å²) in [4.78, 5) is 37.0. The van der Waals surface area contributed by atoms with E-state index in [9.17, 15) is 9.59 Å². The van der Waals surface area contributed by atoms with E-state index >= 15 is 0 Å². The quantitative estimate of drug-likeness (QED) is 0.381. The summed E-state index contributed by atoms with van der Waals surface area (Å²) in [5.74, 6) is 1.59. The Balaban J connectivity index is 0.996. The number of hydrogen-bond donors (Lipinski definition) is 2. The predicted molar refractivity (Wildman–Crippen MR) is 153 cm³/mol. The lowest BCUT2D eigenvalue weighted by Crippen LogP contribution is -2.29. The Morgan fingerprint density at radius 1 is 1.10 bits per heavy atom. The van der Waals surface area contributed by atoms with Crippen molar-refractivity contribution in [3.8, 4) is 22.9 Å². The minimum Gasteiger partial charge on any atom is -0.480 e. The Morgan fingerprint density at radius 3 is 2.83 bits per heavy atom. The molecular formula is C30H34N6O5. The van der Waals surface area contributed by atoms with Crippen molar-refractivity contribution >= 4 is 23.6 Å². The van der Waals surface area contributed by atoms with Crippen molar-refractivity contribution in [2.45, 2.75) is 44.6 Å². The first-order chi connectivity index (χ1) is 19.9. The first kappa shape index (κ1) is 27.0. The van der Waals surface area contributed by atoms with Crippen LogP contribution in [0.2, 0.25) is 0 Å². The molecule has 2 N–H and O–H groups in total. The molecule has 2 saturated heterocycles. The number of rotatable bonds is 9. The normalized spacial score (nSPS) is 22.2. The Hall–Kier alpha value is -4.22. The van der Waals surface area contributed by atoms with Crippen molar-refractivity contribution in [1.82, 2.24) is 20.2 Å². The Labute approximate surface area is 238 Å². The molecule has 0 aliphatic carbocycles. The molecule has 11 heteroatoms. The molecule has 0 spiro atoms. The van der Waals surface area contributed by atoms with E-state index in [0.717, 1.165) is 29.8 Å². The highest BCUT2D eigenvalue weighted by molar-refractivity contribution is 5.95. The molecule has 6 rings (SSSR count). The number of carbonyl (C=O) groups is 2. The van der Waals surface area contributed by atoms with Gasteiger partial charge in [-0.05, 0) is 56.8 Å². The van der Waals surface area contributed by atoms with Crippen molar-refractivity contribution in [3.63, 3.8) is 0 Å². The van der Waals surface area contributed by atoms with E-state index in [2.05, 4.69) is 52.7 Å². The van der Waals surface area contributed by atoms with Crippen LogP contribution in [-0.2, 0) is 16.1 Å². The molecule has 214 valence electrons. The van der Waals surface area contributed by atoms with Gasteiger partial charge in [-0.3, -0.25) is 14.6 Å². The van der Waals surface area contributed by atoms with Gasteiger partial charge in [0, 0.05) is 37.2 Å². The van der Waals surface area contributed by atoms with Gasteiger partial charge in [-0.15, -0.1) is 0 Å². The predicted octanol–water partition coefficient (Wildman–Crippen LogP) is 3.45. The minimum atomic E-state index is -0.452. The van der Waals surface area contributed by atoms with Crippen LogP contribution < -0.4 is 25.0 Å². The zero-order valence-electron chi connectivity index (χ0n) is 23.2. The number of nitrogens with one attached hydrogen (secondary N) is 2. The van der Waals surface area contributed by atoms with Crippen molar-refractivity contribution in [2.75, 3.05) is 43.5 Å². The second-order valence-corrected chi connectivity index (χ2v) is 10.8. The third-order valence-corrected chi connectivity index (χ3v) is 7.66. The van der Waals surface area contributed by atoms with E-state index in [-0.39, 0.29) is 24.7 Å². The molecule has 5 heterocycles. The summed E-state index contributed by atoms with van der Waals surface area (Å²) >= 11 is 0. The number of aromatic nitrogens is 2. The zero-order valence-corrected chi connectivity index (χ0v) is 23.2. The number of fused-ring (bicyclic) bond motifs is 1. The molecular weight excluding hydrogens is 524 g/mol. The van der Waals surface area contributed by atoms with Gasteiger partial charge in [-0.1, -0.05) is 24.3 Å². The number of likely N-dealkylation sites (N-methyl/N-ethyl adjacent to an activating group) is 1. The van der Waals surface area contributed by atoms with Crippen LogP contribution in [0, 0.1) is 0 Å². The molecule has 2 aromatic heterocycles. The van der Waals surface area contributed by atoms with Crippen LogP contribution in [0.15, 0.2) is 54.6 Å². The summed E-state index contributed by atoms with van der Waals surface area (Å²) < 4.78 is 17.1. The van der Waals surface area contributed by atoms with Gasteiger partial charge in [-0.2, -0.15) is 0 Å². The molecule has 2 amide bonds. The van der Waals surface area contributed by atoms with Crippen LogP contribution in [0.25, 0.3) is 11.3 Å². The highest BCUT2D eigenvalue weighted by atomic mass is 16.6. The van der Waals surface area contributed by atoms with Gasteiger partial charge in [0.2, 0.25) is 5.88 Å². The standard InChI is InChI=1S/C30H34N6O5/c1-19-13-23(16-35(19)2)40-28-8-4-7-24(32-28)21-6-3-5-20(14-21)15-31-12-11-22-17-36(30(38)41-22)26-10-9-25-29(33-26)34-27(37)18-39-25/h3-10,14,19,22-23,31H,11-13,15-18H2,1-2H3,(H,33,34,37)/t19-,22?,23-/m0/s1. The van der Waals surface area contributed by atoms with Crippen LogP contribution in [-0.4, -0.2) is 78.4 Å². The van der Waals surface area contributed by atoms with Crippen LogP contribution in [0.4, 0.5) is 16.4 Å². The summed E-state index contributed by atoms with van der Waals surface area (Å²) in [6.07, 6.45) is 1.10. The average molecular weight is 559 g/mol. The van der Waals surface area contributed by atoms with Gasteiger partial charge in [0.25, 0.3) is 5.91 Å². The maximum absolute atomic E-state index is 12.5. The number of amides is 2. The number of nitrogens with zero attached hydrogens (tertiary/aromatic N) is 4. The topological polar surface area (TPSA) is 118 Å². The molecule has 3 aliphatic rings. The van der Waals surface area contributed by atoms with E-state index in [1.165, 1.54) is 4.90 Å². The second-order valence-electron chi connectivity index (χ2n) is 10.8. The van der Waals surface area contributed by atoms with Gasteiger partial charge in [-0.25, -0.2) is 14.8 Å². The van der Waals surface area contributed by atoms with Crippen LogP contribution in [0.5, 0.6) is 11.6 Å². The largest absolute Gasteiger partial charge is 0.480 e. The maximum Gasteiger partial charge on any atom is 0.415 e.